The predicted molar refractivity (Wildman–Crippen MR) is 58.3 cm³/mol. The van der Waals surface area contributed by atoms with Gasteiger partial charge in [0.15, 0.2) is 0 Å². The molecule has 0 unspecified atom stereocenters. The van der Waals surface area contributed by atoms with Crippen molar-refractivity contribution in [2.24, 2.45) is 0 Å². The zero-order valence-corrected chi connectivity index (χ0v) is 9.93. The summed E-state index contributed by atoms with van der Waals surface area (Å²) >= 11 is 0. The summed E-state index contributed by atoms with van der Waals surface area (Å²) in [5.41, 5.74) is 0. The molecule has 0 fully saturated rings. The van der Waals surface area contributed by atoms with Crippen LogP contribution in [0.25, 0.3) is 0 Å². The average molecular weight is 308 g/mol. The van der Waals surface area contributed by atoms with E-state index in [2.05, 4.69) is 0 Å². The van der Waals surface area contributed by atoms with Crippen LogP contribution < -0.4 is 10.6 Å². The van der Waals surface area contributed by atoms with E-state index >= 15 is 0 Å². The van der Waals surface area contributed by atoms with Gasteiger partial charge in [-0.1, -0.05) is 0 Å². The molecule has 0 saturated carbocycles. The van der Waals surface area contributed by atoms with E-state index in [1.165, 1.54) is 24.3 Å². The standard InChI is InChI=1S/2C4H3NO2.C2HF3O2/c2*6-3-1-2-4(7)5-3;3-2(4,5)1(6)7/h2*1-2H,(H,5,6,7);(H,6,7). The molecule has 21 heavy (non-hydrogen) atoms. The Kier molecular flexibility index (Phi) is 6.50. The second-order valence-electron chi connectivity index (χ2n) is 3.18. The minimum absolute atomic E-state index is 0.329. The number of halogens is 3. The summed E-state index contributed by atoms with van der Waals surface area (Å²) < 4.78 is 31.7. The van der Waals surface area contributed by atoms with Crippen LogP contribution in [0.5, 0.6) is 0 Å². The van der Waals surface area contributed by atoms with Crippen molar-refractivity contribution in [1.29, 1.82) is 0 Å². The molecule has 0 aromatic carbocycles. The summed E-state index contributed by atoms with van der Waals surface area (Å²) in [6.45, 7) is 0. The zero-order valence-electron chi connectivity index (χ0n) is 9.93. The van der Waals surface area contributed by atoms with Crippen LogP contribution in [0.1, 0.15) is 0 Å². The smallest absolute Gasteiger partial charge is 0.475 e. The number of imide groups is 2. The van der Waals surface area contributed by atoms with Crippen molar-refractivity contribution in [2.45, 2.75) is 6.18 Å². The normalized spacial score (nSPS) is 15.6. The maximum absolute atomic E-state index is 10.6. The molecule has 2 rings (SSSR count). The average Bonchev–Trinajstić information content (AvgIpc) is 2.88. The van der Waals surface area contributed by atoms with Gasteiger partial charge in [-0.3, -0.25) is 29.8 Å². The van der Waals surface area contributed by atoms with Gasteiger partial charge in [0.2, 0.25) is 0 Å². The van der Waals surface area contributed by atoms with Crippen molar-refractivity contribution in [1.82, 2.24) is 10.6 Å². The van der Waals surface area contributed by atoms with Crippen molar-refractivity contribution in [2.75, 3.05) is 0 Å². The monoisotopic (exact) mass is 308 g/mol. The number of carboxylic acids is 1. The van der Waals surface area contributed by atoms with Crippen LogP contribution in [0, 0.1) is 0 Å². The van der Waals surface area contributed by atoms with Crippen LogP contribution in [-0.4, -0.2) is 40.9 Å². The molecule has 0 radical (unpaired) electrons. The Morgan fingerprint density at radius 1 is 0.810 bits per heavy atom. The molecular formula is C10H7F3N2O6. The third kappa shape index (κ3) is 8.69. The van der Waals surface area contributed by atoms with Crippen LogP contribution in [0.2, 0.25) is 0 Å². The molecule has 2 aliphatic rings. The number of carbonyl (C=O) groups is 5. The first-order valence-corrected chi connectivity index (χ1v) is 4.88. The molecular weight excluding hydrogens is 301 g/mol. The third-order valence-corrected chi connectivity index (χ3v) is 1.51. The fourth-order valence-corrected chi connectivity index (χ4v) is 0.712. The molecule has 0 spiro atoms. The minimum atomic E-state index is -5.08. The minimum Gasteiger partial charge on any atom is -0.475 e. The number of amides is 4. The molecule has 114 valence electrons. The Morgan fingerprint density at radius 3 is 1.05 bits per heavy atom. The molecule has 3 N–H and O–H groups in total. The van der Waals surface area contributed by atoms with Gasteiger partial charge in [-0.05, 0) is 0 Å². The number of aliphatic carboxylic acids is 1. The van der Waals surface area contributed by atoms with E-state index in [1.54, 1.807) is 0 Å². The summed E-state index contributed by atoms with van der Waals surface area (Å²) in [7, 11) is 0. The fourth-order valence-electron chi connectivity index (χ4n) is 0.712. The van der Waals surface area contributed by atoms with Crippen LogP contribution >= 0.6 is 0 Å². The van der Waals surface area contributed by atoms with Crippen molar-refractivity contribution < 1.29 is 42.3 Å². The van der Waals surface area contributed by atoms with Gasteiger partial charge in [-0.15, -0.1) is 0 Å². The maximum Gasteiger partial charge on any atom is 0.490 e. The summed E-state index contributed by atoms with van der Waals surface area (Å²) in [5, 5.41) is 11.2. The van der Waals surface area contributed by atoms with E-state index in [-0.39, 0.29) is 23.6 Å². The number of carbonyl (C=O) groups excluding carboxylic acids is 4. The molecule has 2 heterocycles. The highest BCUT2D eigenvalue weighted by Gasteiger charge is 2.38. The Balaban J connectivity index is 0.000000286. The first kappa shape index (κ1) is 18.0. The van der Waals surface area contributed by atoms with Gasteiger partial charge < -0.3 is 5.11 Å². The third-order valence-electron chi connectivity index (χ3n) is 1.51. The lowest BCUT2D eigenvalue weighted by Gasteiger charge is -1.93. The molecule has 0 aromatic rings. The largest absolute Gasteiger partial charge is 0.490 e. The molecule has 0 aromatic heterocycles. The first-order chi connectivity index (χ1) is 9.52. The van der Waals surface area contributed by atoms with Gasteiger partial charge in [-0.2, -0.15) is 13.2 Å². The molecule has 0 aliphatic carbocycles. The van der Waals surface area contributed by atoms with Crippen molar-refractivity contribution in [3.63, 3.8) is 0 Å². The summed E-state index contributed by atoms with van der Waals surface area (Å²) in [4.78, 5) is 49.0. The lowest BCUT2D eigenvalue weighted by atomic mass is 10.6. The number of hydrogen-bond donors (Lipinski definition) is 3. The highest BCUT2D eigenvalue weighted by Crippen LogP contribution is 2.13. The Hall–Kier alpha value is -2.98. The highest BCUT2D eigenvalue weighted by atomic mass is 19.4. The summed E-state index contributed by atoms with van der Waals surface area (Å²) in [6, 6.07) is 0. The number of carboxylic acid groups (broad SMARTS) is 1. The number of nitrogens with one attached hydrogen (secondary N) is 2. The van der Waals surface area contributed by atoms with E-state index < -0.39 is 12.1 Å². The van der Waals surface area contributed by atoms with Crippen molar-refractivity contribution in [3.05, 3.63) is 24.3 Å². The van der Waals surface area contributed by atoms with Gasteiger partial charge in [0.25, 0.3) is 23.6 Å². The van der Waals surface area contributed by atoms with Crippen LogP contribution in [-0.2, 0) is 24.0 Å². The lowest BCUT2D eigenvalue weighted by molar-refractivity contribution is -0.192. The SMILES string of the molecule is O=C(O)C(F)(F)F.O=C1C=CC(=O)N1.O=C1C=CC(=O)N1. The topological polar surface area (TPSA) is 130 Å². The Bertz CT molecular complexity index is 467. The predicted octanol–water partition coefficient (Wildman–Crippen LogP) is -0.969. The molecule has 11 heteroatoms. The van der Waals surface area contributed by atoms with Gasteiger partial charge in [-0.25, -0.2) is 4.79 Å². The maximum atomic E-state index is 10.6. The van der Waals surface area contributed by atoms with Crippen molar-refractivity contribution in [3.8, 4) is 0 Å². The van der Waals surface area contributed by atoms with Crippen LogP contribution in [0.15, 0.2) is 24.3 Å². The lowest BCUT2D eigenvalue weighted by Crippen LogP contribution is -2.21. The van der Waals surface area contributed by atoms with E-state index in [9.17, 15) is 32.3 Å². The van der Waals surface area contributed by atoms with Gasteiger partial charge in [0.1, 0.15) is 0 Å². The summed E-state index contributed by atoms with van der Waals surface area (Å²) in [6.07, 6.45) is -0.296. The fraction of sp³-hybridized carbons (Fsp3) is 0.100. The van der Waals surface area contributed by atoms with Crippen molar-refractivity contribution >= 4 is 29.6 Å². The molecule has 8 nitrogen and oxygen atoms in total. The zero-order chi connectivity index (χ0) is 16.6. The number of rotatable bonds is 0. The second kappa shape index (κ2) is 7.57. The first-order valence-electron chi connectivity index (χ1n) is 4.88. The molecule has 4 amide bonds. The van der Waals surface area contributed by atoms with E-state index in [0.717, 1.165) is 0 Å². The van der Waals surface area contributed by atoms with E-state index in [1.807, 2.05) is 10.6 Å². The van der Waals surface area contributed by atoms with Crippen LogP contribution in [0.4, 0.5) is 13.2 Å². The van der Waals surface area contributed by atoms with Gasteiger partial charge in [0, 0.05) is 24.3 Å². The van der Waals surface area contributed by atoms with E-state index in [4.69, 9.17) is 9.90 Å². The second-order valence-corrected chi connectivity index (χ2v) is 3.18. The number of hydrogen-bond acceptors (Lipinski definition) is 5. The molecule has 0 saturated heterocycles. The molecule has 0 atom stereocenters. The Labute approximate surface area is 114 Å². The molecule has 0 bridgehead atoms. The number of alkyl halides is 3. The van der Waals surface area contributed by atoms with Gasteiger partial charge in [0.05, 0.1) is 0 Å². The molecule has 2 aliphatic heterocycles. The van der Waals surface area contributed by atoms with Crippen LogP contribution in [0.3, 0.4) is 0 Å². The quantitative estimate of drug-likeness (QED) is 0.494. The van der Waals surface area contributed by atoms with E-state index in [0.29, 0.717) is 0 Å². The summed E-state index contributed by atoms with van der Waals surface area (Å²) in [5.74, 6) is -4.07. The highest BCUT2D eigenvalue weighted by molar-refractivity contribution is 6.13. The Morgan fingerprint density at radius 2 is 1.00 bits per heavy atom. The van der Waals surface area contributed by atoms with Gasteiger partial charge >= 0.3 is 12.1 Å².